The van der Waals surface area contributed by atoms with Gasteiger partial charge in [0, 0.05) is 0 Å². The second-order valence-electron chi connectivity index (χ2n) is 1.27. The van der Waals surface area contributed by atoms with Gasteiger partial charge in [0.1, 0.15) is 0 Å². The molecule has 0 fully saturated rings. The zero-order valence-corrected chi connectivity index (χ0v) is 5.65. The van der Waals surface area contributed by atoms with Crippen LogP contribution in [0.3, 0.4) is 0 Å². The number of imide groups is 1. The molecule has 0 bridgehead atoms. The highest BCUT2D eigenvalue weighted by atomic mass is 32.1. The van der Waals surface area contributed by atoms with Gasteiger partial charge in [-0.1, -0.05) is 6.58 Å². The first-order chi connectivity index (χ1) is 4.20. The maximum Gasteiger partial charge on any atom is 0.249 e. The van der Waals surface area contributed by atoms with Crippen molar-refractivity contribution < 1.29 is 9.59 Å². The molecule has 4 heteroatoms. The van der Waals surface area contributed by atoms with E-state index in [9.17, 15) is 9.59 Å². The maximum absolute atomic E-state index is 10.3. The van der Waals surface area contributed by atoms with E-state index in [2.05, 4.69) is 19.2 Å². The highest BCUT2D eigenvalue weighted by Crippen LogP contribution is 1.73. The van der Waals surface area contributed by atoms with Crippen LogP contribution in [0.2, 0.25) is 0 Å². The highest BCUT2D eigenvalue weighted by molar-refractivity contribution is 7.81. The van der Waals surface area contributed by atoms with Crippen LogP contribution in [0.5, 0.6) is 0 Å². The summed E-state index contributed by atoms with van der Waals surface area (Å²) < 4.78 is 0. The first-order valence-corrected chi connectivity index (χ1v) is 2.91. The van der Waals surface area contributed by atoms with E-state index in [1.165, 1.54) is 0 Å². The number of rotatable bonds is 2. The standard InChI is InChI=1S/C5H7NO2S/c1-2-4(7)6-5(8)3-9/h2,9H,1,3H2,(H,6,7,8). The normalized spacial score (nSPS) is 8.11. The Morgan fingerprint density at radius 1 is 1.67 bits per heavy atom. The molecule has 0 heterocycles. The molecule has 0 aromatic rings. The van der Waals surface area contributed by atoms with Crippen molar-refractivity contribution in [2.45, 2.75) is 0 Å². The zero-order chi connectivity index (χ0) is 7.28. The Morgan fingerprint density at radius 3 is 2.56 bits per heavy atom. The van der Waals surface area contributed by atoms with Gasteiger partial charge in [0.25, 0.3) is 0 Å². The topological polar surface area (TPSA) is 46.2 Å². The minimum Gasteiger partial charge on any atom is -0.292 e. The van der Waals surface area contributed by atoms with Crippen molar-refractivity contribution in [3.8, 4) is 0 Å². The summed E-state index contributed by atoms with van der Waals surface area (Å²) in [6.45, 7) is 3.16. The van der Waals surface area contributed by atoms with Crippen LogP contribution in [0.25, 0.3) is 0 Å². The van der Waals surface area contributed by atoms with Crippen molar-refractivity contribution in [1.29, 1.82) is 0 Å². The summed E-state index contributed by atoms with van der Waals surface area (Å²) in [5.41, 5.74) is 0. The fourth-order valence-electron chi connectivity index (χ4n) is 0.228. The number of hydrogen-bond donors (Lipinski definition) is 2. The second kappa shape index (κ2) is 4.14. The van der Waals surface area contributed by atoms with Crippen LogP contribution in [0.15, 0.2) is 12.7 Å². The van der Waals surface area contributed by atoms with Gasteiger partial charge >= 0.3 is 0 Å². The maximum atomic E-state index is 10.3. The summed E-state index contributed by atoms with van der Waals surface area (Å²) in [5.74, 6) is -0.892. The van der Waals surface area contributed by atoms with Gasteiger partial charge in [0.05, 0.1) is 5.75 Å². The minimum atomic E-state index is -0.492. The van der Waals surface area contributed by atoms with E-state index >= 15 is 0 Å². The number of amides is 2. The van der Waals surface area contributed by atoms with E-state index in [0.717, 1.165) is 6.08 Å². The van der Waals surface area contributed by atoms with Crippen LogP contribution < -0.4 is 5.32 Å². The van der Waals surface area contributed by atoms with E-state index < -0.39 is 11.8 Å². The average molecular weight is 145 g/mol. The van der Waals surface area contributed by atoms with E-state index in [0.29, 0.717) is 0 Å². The fourth-order valence-corrected chi connectivity index (χ4v) is 0.307. The summed E-state index contributed by atoms with van der Waals surface area (Å²) in [6, 6.07) is 0. The summed E-state index contributed by atoms with van der Waals surface area (Å²) in [4.78, 5) is 20.6. The van der Waals surface area contributed by atoms with Crippen molar-refractivity contribution >= 4 is 24.4 Å². The molecule has 0 aromatic heterocycles. The van der Waals surface area contributed by atoms with Crippen molar-refractivity contribution in [3.05, 3.63) is 12.7 Å². The molecule has 0 saturated heterocycles. The number of nitrogens with one attached hydrogen (secondary N) is 1. The Bertz CT molecular complexity index is 144. The Labute approximate surface area is 58.5 Å². The first kappa shape index (κ1) is 8.23. The smallest absolute Gasteiger partial charge is 0.249 e. The second-order valence-corrected chi connectivity index (χ2v) is 1.59. The molecule has 0 aliphatic heterocycles. The lowest BCUT2D eigenvalue weighted by Crippen LogP contribution is -2.29. The monoisotopic (exact) mass is 145 g/mol. The summed E-state index contributed by atoms with van der Waals surface area (Å²) in [5, 5.41) is 2.01. The predicted molar refractivity (Wildman–Crippen MR) is 37.2 cm³/mol. The molecule has 0 atom stereocenters. The molecule has 2 amide bonds. The molecule has 0 rings (SSSR count). The van der Waals surface area contributed by atoms with Crippen LogP contribution in [-0.4, -0.2) is 17.6 Å². The van der Waals surface area contributed by atoms with Crippen LogP contribution >= 0.6 is 12.6 Å². The van der Waals surface area contributed by atoms with Crippen LogP contribution in [0, 0.1) is 0 Å². The quantitative estimate of drug-likeness (QED) is 0.415. The largest absolute Gasteiger partial charge is 0.292 e. The molecular weight excluding hydrogens is 138 g/mol. The molecule has 0 aliphatic carbocycles. The number of thiol groups is 1. The molecule has 0 unspecified atom stereocenters. The summed E-state index contributed by atoms with van der Waals surface area (Å²) in [6.07, 6.45) is 1.03. The van der Waals surface area contributed by atoms with E-state index in [4.69, 9.17) is 0 Å². The molecule has 3 nitrogen and oxygen atoms in total. The summed E-state index contributed by atoms with van der Waals surface area (Å²) in [7, 11) is 0. The Balaban J connectivity index is 3.59. The third-order valence-electron chi connectivity index (χ3n) is 0.592. The average Bonchev–Trinajstić information content (AvgIpc) is 1.87. The van der Waals surface area contributed by atoms with Gasteiger partial charge < -0.3 is 0 Å². The molecule has 9 heavy (non-hydrogen) atoms. The molecule has 0 saturated carbocycles. The van der Waals surface area contributed by atoms with E-state index in [1.54, 1.807) is 0 Å². The van der Waals surface area contributed by atoms with E-state index in [-0.39, 0.29) is 5.75 Å². The SMILES string of the molecule is C=CC(=O)NC(=O)CS. The Kier molecular flexibility index (Phi) is 3.79. The molecule has 50 valence electrons. The van der Waals surface area contributed by atoms with Crippen LogP contribution in [0.4, 0.5) is 0 Å². The van der Waals surface area contributed by atoms with Gasteiger partial charge in [-0.3, -0.25) is 14.9 Å². The van der Waals surface area contributed by atoms with Gasteiger partial charge in [-0.05, 0) is 6.08 Å². The number of hydrogen-bond acceptors (Lipinski definition) is 3. The first-order valence-electron chi connectivity index (χ1n) is 2.27. The third kappa shape index (κ3) is 3.78. The molecular formula is C5H7NO2S. The molecule has 0 spiro atoms. The minimum absolute atomic E-state index is 0.0135. The Morgan fingerprint density at radius 2 is 2.22 bits per heavy atom. The number of carbonyl (C=O) groups is 2. The zero-order valence-electron chi connectivity index (χ0n) is 4.76. The van der Waals surface area contributed by atoms with Crippen molar-refractivity contribution in [3.63, 3.8) is 0 Å². The van der Waals surface area contributed by atoms with Gasteiger partial charge in [-0.25, -0.2) is 0 Å². The third-order valence-corrected chi connectivity index (χ3v) is 0.879. The van der Waals surface area contributed by atoms with Crippen LogP contribution in [-0.2, 0) is 9.59 Å². The lowest BCUT2D eigenvalue weighted by molar-refractivity contribution is -0.126. The van der Waals surface area contributed by atoms with E-state index in [1.807, 2.05) is 5.32 Å². The molecule has 0 aliphatic rings. The van der Waals surface area contributed by atoms with Gasteiger partial charge in [-0.2, -0.15) is 12.6 Å². The van der Waals surface area contributed by atoms with Crippen molar-refractivity contribution in [2.75, 3.05) is 5.75 Å². The molecule has 1 N–H and O–H groups in total. The fraction of sp³-hybridized carbons (Fsp3) is 0.200. The van der Waals surface area contributed by atoms with Gasteiger partial charge in [-0.15, -0.1) is 0 Å². The Hall–Kier alpha value is -0.770. The number of carbonyl (C=O) groups excluding carboxylic acids is 2. The molecule has 0 aromatic carbocycles. The van der Waals surface area contributed by atoms with Crippen LogP contribution in [0.1, 0.15) is 0 Å². The molecule has 0 radical (unpaired) electrons. The predicted octanol–water partition coefficient (Wildman–Crippen LogP) is -0.255. The summed E-state index contributed by atoms with van der Waals surface area (Å²) >= 11 is 3.63. The van der Waals surface area contributed by atoms with Gasteiger partial charge in [0.15, 0.2) is 0 Å². The van der Waals surface area contributed by atoms with Gasteiger partial charge in [0.2, 0.25) is 11.8 Å². The van der Waals surface area contributed by atoms with Crippen molar-refractivity contribution in [2.24, 2.45) is 0 Å². The lowest BCUT2D eigenvalue weighted by Gasteiger charge is -1.93. The lowest BCUT2D eigenvalue weighted by atomic mass is 10.5. The van der Waals surface area contributed by atoms with Crippen molar-refractivity contribution in [1.82, 2.24) is 5.32 Å². The highest BCUT2D eigenvalue weighted by Gasteiger charge is 1.98.